The Hall–Kier alpha value is -1.95. The second-order valence-electron chi connectivity index (χ2n) is 3.48. The van der Waals surface area contributed by atoms with Crippen molar-refractivity contribution in [2.45, 2.75) is 0 Å². The quantitative estimate of drug-likeness (QED) is 0.887. The Bertz CT molecular complexity index is 622. The van der Waals surface area contributed by atoms with Crippen molar-refractivity contribution in [3.8, 4) is 5.69 Å². The zero-order valence-corrected chi connectivity index (χ0v) is 10.6. The molecular formula is C12H8BrFN2O2. The lowest BCUT2D eigenvalue weighted by Crippen LogP contribution is -1.98. The molecule has 0 aliphatic rings. The Balaban J connectivity index is 2.50. The molecule has 0 spiro atoms. The summed E-state index contributed by atoms with van der Waals surface area (Å²) in [5.41, 5.74) is 1.03. The summed E-state index contributed by atoms with van der Waals surface area (Å²) in [6.07, 6.45) is 5.58. The molecule has 0 fully saturated rings. The van der Waals surface area contributed by atoms with Crippen LogP contribution >= 0.6 is 15.9 Å². The minimum atomic E-state index is -1.09. The van der Waals surface area contributed by atoms with Gasteiger partial charge in [-0.2, -0.15) is 5.10 Å². The highest BCUT2D eigenvalue weighted by Gasteiger charge is 2.06. The van der Waals surface area contributed by atoms with Crippen LogP contribution in [0.25, 0.3) is 11.8 Å². The molecule has 0 aliphatic carbocycles. The van der Waals surface area contributed by atoms with Crippen molar-refractivity contribution in [2.24, 2.45) is 0 Å². The smallest absolute Gasteiger partial charge is 0.328 e. The molecule has 18 heavy (non-hydrogen) atoms. The van der Waals surface area contributed by atoms with Gasteiger partial charge in [-0.15, -0.1) is 0 Å². The second kappa shape index (κ2) is 5.14. The van der Waals surface area contributed by atoms with E-state index in [2.05, 4.69) is 21.0 Å². The minimum absolute atomic E-state index is 0.435. The van der Waals surface area contributed by atoms with Crippen molar-refractivity contribution >= 4 is 28.0 Å². The number of aromatic nitrogens is 2. The minimum Gasteiger partial charge on any atom is -0.478 e. The van der Waals surface area contributed by atoms with Gasteiger partial charge < -0.3 is 5.11 Å². The maximum absolute atomic E-state index is 13.2. The van der Waals surface area contributed by atoms with E-state index in [0.717, 1.165) is 10.5 Å². The normalized spacial score (nSPS) is 11.0. The summed E-state index contributed by atoms with van der Waals surface area (Å²) >= 11 is 3.26. The molecule has 2 rings (SSSR count). The van der Waals surface area contributed by atoms with Gasteiger partial charge in [0.05, 0.1) is 16.4 Å². The monoisotopic (exact) mass is 310 g/mol. The third kappa shape index (κ3) is 2.84. The van der Waals surface area contributed by atoms with Gasteiger partial charge in [0.1, 0.15) is 5.82 Å². The number of benzene rings is 1. The van der Waals surface area contributed by atoms with Gasteiger partial charge in [-0.25, -0.2) is 13.9 Å². The van der Waals surface area contributed by atoms with Crippen molar-refractivity contribution in [2.75, 3.05) is 0 Å². The number of rotatable bonds is 3. The average molecular weight is 311 g/mol. The highest BCUT2D eigenvalue weighted by atomic mass is 79.9. The topological polar surface area (TPSA) is 55.1 Å². The highest BCUT2D eigenvalue weighted by Crippen LogP contribution is 2.19. The fraction of sp³-hybridized carbons (Fsp3) is 0. The van der Waals surface area contributed by atoms with Crippen LogP contribution in [0.5, 0.6) is 0 Å². The predicted octanol–water partition coefficient (Wildman–Crippen LogP) is 2.87. The number of aliphatic carboxylic acids is 1. The van der Waals surface area contributed by atoms with E-state index in [9.17, 15) is 9.18 Å². The second-order valence-corrected chi connectivity index (χ2v) is 4.39. The fourth-order valence-electron chi connectivity index (χ4n) is 1.46. The first-order valence-corrected chi connectivity index (χ1v) is 5.76. The molecule has 6 heteroatoms. The maximum atomic E-state index is 13.2. The summed E-state index contributed by atoms with van der Waals surface area (Å²) in [6, 6.07) is 4.09. The van der Waals surface area contributed by atoms with E-state index < -0.39 is 11.8 Å². The van der Waals surface area contributed by atoms with Crippen LogP contribution in [0, 0.1) is 5.82 Å². The molecule has 1 aromatic carbocycles. The number of carboxylic acid groups (broad SMARTS) is 1. The molecule has 1 heterocycles. The Morgan fingerprint density at radius 2 is 2.28 bits per heavy atom. The van der Waals surface area contributed by atoms with Crippen LogP contribution in [0.3, 0.4) is 0 Å². The average Bonchev–Trinajstić information content (AvgIpc) is 2.73. The summed E-state index contributed by atoms with van der Waals surface area (Å²) in [4.78, 5) is 10.5. The summed E-state index contributed by atoms with van der Waals surface area (Å²) in [7, 11) is 0. The Kier molecular flexibility index (Phi) is 3.57. The van der Waals surface area contributed by atoms with Gasteiger partial charge >= 0.3 is 5.97 Å². The van der Waals surface area contributed by atoms with E-state index >= 15 is 0 Å². The highest BCUT2D eigenvalue weighted by molar-refractivity contribution is 9.10. The number of halogens is 2. The first-order chi connectivity index (χ1) is 8.56. The van der Waals surface area contributed by atoms with E-state index in [4.69, 9.17) is 5.11 Å². The molecule has 4 nitrogen and oxygen atoms in total. The molecule has 0 aliphatic heterocycles. The van der Waals surface area contributed by atoms with Gasteiger partial charge in [-0.05, 0) is 40.2 Å². The zero-order chi connectivity index (χ0) is 13.1. The molecule has 0 radical (unpaired) electrons. The van der Waals surface area contributed by atoms with Crippen molar-refractivity contribution in [1.82, 2.24) is 9.78 Å². The molecular weight excluding hydrogens is 303 g/mol. The van der Waals surface area contributed by atoms with Gasteiger partial charge in [0.2, 0.25) is 0 Å². The van der Waals surface area contributed by atoms with Gasteiger partial charge in [-0.3, -0.25) is 0 Å². The summed E-state index contributed by atoms with van der Waals surface area (Å²) < 4.78 is 15.5. The van der Waals surface area contributed by atoms with E-state index in [-0.39, 0.29) is 0 Å². The van der Waals surface area contributed by atoms with Crippen LogP contribution in [0.15, 0.2) is 41.1 Å². The number of hydrogen-bond acceptors (Lipinski definition) is 2. The third-order valence-electron chi connectivity index (χ3n) is 2.19. The Labute approximate surface area is 110 Å². The van der Waals surface area contributed by atoms with E-state index in [1.807, 2.05) is 0 Å². The van der Waals surface area contributed by atoms with Crippen molar-refractivity contribution in [1.29, 1.82) is 0 Å². The lowest BCUT2D eigenvalue weighted by atomic mass is 10.1. The SMILES string of the molecule is O=C(O)/C=C/c1cc(F)ccc1-n1cc(Br)cn1. The molecule has 0 bridgehead atoms. The van der Waals surface area contributed by atoms with Crippen LogP contribution in [0.4, 0.5) is 4.39 Å². The molecule has 0 saturated carbocycles. The molecule has 0 saturated heterocycles. The molecule has 1 N–H and O–H groups in total. The van der Waals surface area contributed by atoms with Crippen molar-refractivity contribution < 1.29 is 14.3 Å². The van der Waals surface area contributed by atoms with Crippen LogP contribution in [-0.4, -0.2) is 20.9 Å². The first-order valence-electron chi connectivity index (χ1n) is 4.97. The van der Waals surface area contributed by atoms with Gasteiger partial charge in [0.25, 0.3) is 0 Å². The number of nitrogens with zero attached hydrogens (tertiary/aromatic N) is 2. The lowest BCUT2D eigenvalue weighted by molar-refractivity contribution is -0.131. The van der Waals surface area contributed by atoms with Crippen molar-refractivity contribution in [3.63, 3.8) is 0 Å². The number of hydrogen-bond donors (Lipinski definition) is 1. The Morgan fingerprint density at radius 1 is 1.50 bits per heavy atom. The zero-order valence-electron chi connectivity index (χ0n) is 9.05. The molecule has 0 amide bonds. The van der Waals surface area contributed by atoms with Crippen LogP contribution in [0.2, 0.25) is 0 Å². The largest absolute Gasteiger partial charge is 0.478 e. The van der Waals surface area contributed by atoms with Gasteiger partial charge in [0, 0.05) is 17.8 Å². The molecule has 0 atom stereocenters. The molecule has 1 aromatic heterocycles. The molecule has 2 aromatic rings. The number of carbonyl (C=O) groups is 1. The van der Waals surface area contributed by atoms with Crippen LogP contribution in [0.1, 0.15) is 5.56 Å². The number of carboxylic acids is 1. The Morgan fingerprint density at radius 3 is 2.89 bits per heavy atom. The lowest BCUT2D eigenvalue weighted by Gasteiger charge is -2.05. The first kappa shape index (κ1) is 12.5. The van der Waals surface area contributed by atoms with Crippen LogP contribution in [-0.2, 0) is 4.79 Å². The van der Waals surface area contributed by atoms with Gasteiger partial charge in [-0.1, -0.05) is 0 Å². The maximum Gasteiger partial charge on any atom is 0.328 e. The van der Waals surface area contributed by atoms with E-state index in [1.165, 1.54) is 29.0 Å². The van der Waals surface area contributed by atoms with Crippen molar-refractivity contribution in [3.05, 3.63) is 52.5 Å². The third-order valence-corrected chi connectivity index (χ3v) is 2.60. The summed E-state index contributed by atoms with van der Waals surface area (Å²) in [5.74, 6) is -1.53. The summed E-state index contributed by atoms with van der Waals surface area (Å²) in [6.45, 7) is 0. The molecule has 0 unspecified atom stereocenters. The van der Waals surface area contributed by atoms with E-state index in [0.29, 0.717) is 11.3 Å². The predicted molar refractivity (Wildman–Crippen MR) is 67.9 cm³/mol. The fourth-order valence-corrected chi connectivity index (χ4v) is 1.75. The van der Waals surface area contributed by atoms with Crippen LogP contribution < -0.4 is 0 Å². The van der Waals surface area contributed by atoms with E-state index in [1.54, 1.807) is 12.4 Å². The molecule has 92 valence electrons. The van der Waals surface area contributed by atoms with Gasteiger partial charge in [0.15, 0.2) is 0 Å². The summed E-state index contributed by atoms with van der Waals surface area (Å²) in [5, 5.41) is 12.7. The standard InChI is InChI=1S/C12H8BrFN2O2/c13-9-6-15-16(7-9)11-3-2-10(14)5-8(11)1-4-12(17)18/h1-7H,(H,17,18)/b4-1+.